The predicted octanol–water partition coefficient (Wildman–Crippen LogP) is 4.84. The highest BCUT2D eigenvalue weighted by molar-refractivity contribution is 5.86. The van der Waals surface area contributed by atoms with Crippen molar-refractivity contribution in [3.8, 4) is 5.75 Å². The van der Waals surface area contributed by atoms with Crippen molar-refractivity contribution in [2.24, 2.45) is 23.2 Å². The van der Waals surface area contributed by atoms with Crippen LogP contribution < -0.4 is 4.74 Å². The van der Waals surface area contributed by atoms with Crippen molar-refractivity contribution < 1.29 is 33.6 Å². The Morgan fingerprint density at radius 2 is 1.94 bits per heavy atom. The molecule has 192 valence electrons. The van der Waals surface area contributed by atoms with E-state index in [2.05, 4.69) is 20.4 Å². The Bertz CT molecular complexity index is 953. The summed E-state index contributed by atoms with van der Waals surface area (Å²) >= 11 is 0. The number of ether oxygens (including phenoxy) is 4. The summed E-state index contributed by atoms with van der Waals surface area (Å²) in [4.78, 5) is 26.5. The van der Waals surface area contributed by atoms with Crippen LogP contribution in [0.25, 0.3) is 0 Å². The molecule has 3 aliphatic rings. The Hall–Kier alpha value is -2.38. The number of fused-ring (bicyclic) bond motifs is 1. The first-order chi connectivity index (χ1) is 16.6. The van der Waals surface area contributed by atoms with Gasteiger partial charge in [-0.1, -0.05) is 45.1 Å². The molecule has 1 N–H and O–H groups in total. The van der Waals surface area contributed by atoms with Gasteiger partial charge >= 0.3 is 6.16 Å². The van der Waals surface area contributed by atoms with Crippen molar-refractivity contribution in [3.05, 3.63) is 42.0 Å². The van der Waals surface area contributed by atoms with E-state index in [9.17, 15) is 14.7 Å². The Morgan fingerprint density at radius 3 is 2.60 bits per heavy atom. The highest BCUT2D eigenvalue weighted by atomic mass is 16.8. The quantitative estimate of drug-likeness (QED) is 0.415. The Morgan fingerprint density at radius 1 is 1.23 bits per heavy atom. The Kier molecular flexibility index (Phi) is 7.30. The lowest BCUT2D eigenvalue weighted by Crippen LogP contribution is -2.52. The molecule has 1 aromatic carbocycles. The molecule has 2 bridgehead atoms. The highest BCUT2D eigenvalue weighted by Crippen LogP contribution is 2.60. The molecule has 0 aromatic heterocycles. The maximum atomic E-state index is 14.0. The molecule has 3 fully saturated rings. The molecule has 6 atom stereocenters. The molecule has 0 radical (unpaired) electrons. The van der Waals surface area contributed by atoms with Crippen LogP contribution >= 0.6 is 0 Å². The second-order valence-electron chi connectivity index (χ2n) is 10.8. The van der Waals surface area contributed by atoms with E-state index in [1.165, 1.54) is 0 Å². The fourth-order valence-corrected chi connectivity index (χ4v) is 6.55. The van der Waals surface area contributed by atoms with Gasteiger partial charge in [-0.15, -0.1) is 0 Å². The summed E-state index contributed by atoms with van der Waals surface area (Å²) in [6.07, 6.45) is 1.26. The number of allylic oxidation sites excluding steroid dienone is 1. The van der Waals surface area contributed by atoms with Crippen LogP contribution in [0, 0.1) is 23.2 Å². The lowest BCUT2D eigenvalue weighted by molar-refractivity contribution is -0.146. The summed E-state index contributed by atoms with van der Waals surface area (Å²) in [7, 11) is 1.62. The Balaban J connectivity index is 1.68. The van der Waals surface area contributed by atoms with Gasteiger partial charge in [-0.2, -0.15) is 0 Å². The second-order valence-corrected chi connectivity index (χ2v) is 10.8. The molecule has 7 heteroatoms. The van der Waals surface area contributed by atoms with Crippen molar-refractivity contribution >= 4 is 11.9 Å². The van der Waals surface area contributed by atoms with Gasteiger partial charge in [0, 0.05) is 23.9 Å². The van der Waals surface area contributed by atoms with Crippen LogP contribution in [-0.4, -0.2) is 48.6 Å². The first-order valence-corrected chi connectivity index (χ1v) is 12.6. The number of aliphatic hydroxyl groups excluding tert-OH is 1. The summed E-state index contributed by atoms with van der Waals surface area (Å²) in [5, 5.41) is 9.34. The van der Waals surface area contributed by atoms with Crippen molar-refractivity contribution in [1.82, 2.24) is 0 Å². The molecule has 4 rings (SSSR count). The molecule has 7 nitrogen and oxygen atoms in total. The molecule has 1 heterocycles. The number of carbonyl (C=O) groups excluding carboxylic acids is 2. The number of carbonyl (C=O) groups is 2. The minimum Gasteiger partial charge on any atom is -0.497 e. The van der Waals surface area contributed by atoms with E-state index in [1.807, 2.05) is 31.2 Å². The van der Waals surface area contributed by atoms with Crippen LogP contribution in [0.1, 0.15) is 58.4 Å². The zero-order valence-electron chi connectivity index (χ0n) is 21.2. The first kappa shape index (κ1) is 25.7. The smallest absolute Gasteiger partial charge is 0.497 e. The van der Waals surface area contributed by atoms with Gasteiger partial charge in [0.05, 0.1) is 13.7 Å². The van der Waals surface area contributed by atoms with E-state index in [4.69, 9.17) is 18.9 Å². The van der Waals surface area contributed by atoms with E-state index in [1.54, 1.807) is 7.11 Å². The van der Waals surface area contributed by atoms with Crippen LogP contribution in [-0.2, 0) is 25.6 Å². The number of Topliss-reactive ketones (excluding diaryl/α,β-unsaturated/α-hetero) is 1. The van der Waals surface area contributed by atoms with Crippen LogP contribution in [0.3, 0.4) is 0 Å². The van der Waals surface area contributed by atoms with Gasteiger partial charge in [0.2, 0.25) is 0 Å². The van der Waals surface area contributed by atoms with Gasteiger partial charge in [0.15, 0.2) is 11.4 Å². The van der Waals surface area contributed by atoms with Crippen molar-refractivity contribution in [1.29, 1.82) is 0 Å². The van der Waals surface area contributed by atoms with Gasteiger partial charge in [-0.05, 0) is 55.7 Å². The molecule has 0 unspecified atom stereocenters. The number of ketones is 1. The molecular weight excluding hydrogens is 448 g/mol. The van der Waals surface area contributed by atoms with E-state index < -0.39 is 29.4 Å². The van der Waals surface area contributed by atoms with Crippen molar-refractivity contribution in [2.75, 3.05) is 13.7 Å². The average Bonchev–Trinajstić information content (AvgIpc) is 3.31. The minimum atomic E-state index is -0.809. The van der Waals surface area contributed by atoms with Gasteiger partial charge in [-0.3, -0.25) is 4.79 Å². The SMILES string of the molecule is C=C(CCCO)[C@H]1C[C@@H]2OC(=O)O[C@]23CC[C@H]([C@@H](OCc2ccc(OC)cc2)C(=O)[C@@H]1C)C3(C)C. The fourth-order valence-electron chi connectivity index (χ4n) is 6.55. The molecule has 2 aliphatic carbocycles. The molecule has 1 aliphatic heterocycles. The van der Waals surface area contributed by atoms with Crippen LogP contribution in [0.4, 0.5) is 4.79 Å². The third-order valence-corrected chi connectivity index (χ3v) is 8.80. The maximum Gasteiger partial charge on any atom is 0.509 e. The summed E-state index contributed by atoms with van der Waals surface area (Å²) in [6, 6.07) is 7.63. The van der Waals surface area contributed by atoms with Crippen LogP contribution in [0.5, 0.6) is 5.75 Å². The molecule has 1 saturated heterocycles. The third kappa shape index (κ3) is 4.49. The van der Waals surface area contributed by atoms with Crippen molar-refractivity contribution in [2.45, 2.75) is 77.3 Å². The van der Waals surface area contributed by atoms with Gasteiger partial charge < -0.3 is 24.1 Å². The highest BCUT2D eigenvalue weighted by Gasteiger charge is 2.69. The number of benzene rings is 1. The topological polar surface area (TPSA) is 91.3 Å². The number of hydrogen-bond donors (Lipinski definition) is 1. The van der Waals surface area contributed by atoms with E-state index in [-0.39, 0.29) is 30.1 Å². The Labute approximate surface area is 207 Å². The number of aliphatic hydroxyl groups is 1. The van der Waals surface area contributed by atoms with Gasteiger partial charge in [0.25, 0.3) is 0 Å². The number of rotatable bonds is 8. The van der Waals surface area contributed by atoms with Crippen LogP contribution in [0.15, 0.2) is 36.4 Å². The summed E-state index contributed by atoms with van der Waals surface area (Å²) < 4.78 is 23.4. The largest absolute Gasteiger partial charge is 0.509 e. The monoisotopic (exact) mass is 486 g/mol. The maximum absolute atomic E-state index is 14.0. The predicted molar refractivity (Wildman–Crippen MR) is 130 cm³/mol. The molecule has 0 amide bonds. The summed E-state index contributed by atoms with van der Waals surface area (Å²) in [5.41, 5.74) is 0.512. The van der Waals surface area contributed by atoms with Gasteiger partial charge in [0.1, 0.15) is 18.0 Å². The van der Waals surface area contributed by atoms with E-state index >= 15 is 0 Å². The lowest BCUT2D eigenvalue weighted by atomic mass is 9.67. The van der Waals surface area contributed by atoms with Crippen LogP contribution in [0.2, 0.25) is 0 Å². The molecule has 2 saturated carbocycles. The summed E-state index contributed by atoms with van der Waals surface area (Å²) in [5.74, 6) is 0.117. The third-order valence-electron chi connectivity index (χ3n) is 8.80. The number of hydrogen-bond acceptors (Lipinski definition) is 7. The van der Waals surface area contributed by atoms with E-state index in [0.29, 0.717) is 38.7 Å². The molecular formula is C28H38O7. The minimum absolute atomic E-state index is 0.0510. The van der Waals surface area contributed by atoms with E-state index in [0.717, 1.165) is 16.9 Å². The average molecular weight is 487 g/mol. The van der Waals surface area contributed by atoms with Gasteiger partial charge in [-0.25, -0.2) is 4.79 Å². The second kappa shape index (κ2) is 9.94. The number of methoxy groups -OCH3 is 1. The standard InChI is InChI=1S/C28H38O7/c1-17(7-6-14-29)21-15-23-28(35-26(31)34-23)13-12-22(27(28,3)4)25(24(30)18(21)2)33-16-19-8-10-20(32-5)11-9-19/h8-11,18,21-23,25,29H,1,6-7,12-16H2,2-5H3/t18-,21-,22-,23+,25-,28-/m1/s1. The normalized spacial score (nSPS) is 33.7. The first-order valence-electron chi connectivity index (χ1n) is 12.6. The van der Waals surface area contributed by atoms with Crippen molar-refractivity contribution in [3.63, 3.8) is 0 Å². The lowest BCUT2D eigenvalue weighted by Gasteiger charge is -2.42. The molecule has 1 spiro atoms. The zero-order valence-corrected chi connectivity index (χ0v) is 21.2. The summed E-state index contributed by atoms with van der Waals surface area (Å²) in [6.45, 7) is 10.7. The molecule has 35 heavy (non-hydrogen) atoms. The zero-order chi connectivity index (χ0) is 25.4. The fraction of sp³-hybridized carbons (Fsp3) is 0.643. The molecule has 1 aromatic rings.